The van der Waals surface area contributed by atoms with Crippen LogP contribution in [0, 0.1) is 19.8 Å². The Hall–Kier alpha value is -2.33. The molecule has 1 amide bonds. The van der Waals surface area contributed by atoms with E-state index in [0.717, 1.165) is 11.1 Å². The van der Waals surface area contributed by atoms with Gasteiger partial charge in [0.05, 0.1) is 10.6 Å². The zero-order valence-corrected chi connectivity index (χ0v) is 15.6. The van der Waals surface area contributed by atoms with Gasteiger partial charge in [-0.25, -0.2) is 4.79 Å². The van der Waals surface area contributed by atoms with Crippen LogP contribution in [0.2, 0.25) is 5.02 Å². The third-order valence-corrected chi connectivity index (χ3v) is 4.35. The second-order valence-electron chi connectivity index (χ2n) is 6.34. The molecule has 5 heteroatoms. The van der Waals surface area contributed by atoms with E-state index >= 15 is 0 Å². The molecule has 4 nitrogen and oxygen atoms in total. The lowest BCUT2D eigenvalue weighted by atomic mass is 10.0. The quantitative estimate of drug-likeness (QED) is 0.639. The van der Waals surface area contributed by atoms with Crippen LogP contribution in [0.1, 0.15) is 35.3 Å². The molecule has 1 atom stereocenters. The number of halogens is 1. The number of hydrogen-bond donors (Lipinski definition) is 1. The lowest BCUT2D eigenvalue weighted by molar-refractivity contribution is -0.137. The van der Waals surface area contributed by atoms with Gasteiger partial charge in [0.2, 0.25) is 0 Å². The van der Waals surface area contributed by atoms with Crippen LogP contribution in [-0.4, -0.2) is 17.9 Å². The smallest absolute Gasteiger partial charge is 0.334 e. The Morgan fingerprint density at radius 2 is 1.72 bits per heavy atom. The predicted octanol–water partition coefficient (Wildman–Crippen LogP) is 4.32. The van der Waals surface area contributed by atoms with E-state index in [4.69, 9.17) is 16.3 Å². The largest absolute Gasteiger partial charge is 0.425 e. The number of nitrogens with one attached hydrogen (secondary N) is 1. The molecular formula is C20H22ClNO3. The summed E-state index contributed by atoms with van der Waals surface area (Å²) in [7, 11) is 0. The molecule has 0 spiro atoms. The van der Waals surface area contributed by atoms with Gasteiger partial charge in [-0.2, -0.15) is 0 Å². The average molecular weight is 360 g/mol. The molecule has 0 bridgehead atoms. The molecule has 2 aromatic rings. The number of carbonyl (C=O) groups is 2. The summed E-state index contributed by atoms with van der Waals surface area (Å²) < 4.78 is 5.45. The SMILES string of the molecule is Cc1ccc(OC(=O)[C@@H](NC(=O)c2ccccc2Cl)C(C)C)cc1C. The van der Waals surface area contributed by atoms with Crippen LogP contribution in [0.4, 0.5) is 0 Å². The maximum absolute atomic E-state index is 12.5. The van der Waals surface area contributed by atoms with Gasteiger partial charge in [-0.15, -0.1) is 0 Å². The van der Waals surface area contributed by atoms with Crippen LogP contribution < -0.4 is 10.1 Å². The third-order valence-electron chi connectivity index (χ3n) is 4.02. The Morgan fingerprint density at radius 1 is 1.04 bits per heavy atom. The van der Waals surface area contributed by atoms with Crippen molar-refractivity contribution in [1.29, 1.82) is 0 Å². The van der Waals surface area contributed by atoms with E-state index in [9.17, 15) is 9.59 Å². The topological polar surface area (TPSA) is 55.4 Å². The fraction of sp³-hybridized carbons (Fsp3) is 0.300. The number of amides is 1. The average Bonchev–Trinajstić information content (AvgIpc) is 2.55. The summed E-state index contributed by atoms with van der Waals surface area (Å²) in [5, 5.41) is 3.06. The van der Waals surface area contributed by atoms with Gasteiger partial charge in [0.1, 0.15) is 11.8 Å². The van der Waals surface area contributed by atoms with Gasteiger partial charge in [0, 0.05) is 0 Å². The van der Waals surface area contributed by atoms with Crippen molar-refractivity contribution in [3.05, 3.63) is 64.2 Å². The molecule has 2 rings (SSSR count). The fourth-order valence-corrected chi connectivity index (χ4v) is 2.54. The van der Waals surface area contributed by atoms with Crippen molar-refractivity contribution in [3.63, 3.8) is 0 Å². The Kier molecular flexibility index (Phi) is 6.21. The zero-order chi connectivity index (χ0) is 18.6. The minimum Gasteiger partial charge on any atom is -0.425 e. The molecule has 0 aliphatic carbocycles. The molecule has 0 unspecified atom stereocenters. The number of benzene rings is 2. The summed E-state index contributed by atoms with van der Waals surface area (Å²) in [6.07, 6.45) is 0. The van der Waals surface area contributed by atoms with Gasteiger partial charge < -0.3 is 10.1 Å². The molecule has 0 saturated carbocycles. The van der Waals surface area contributed by atoms with Crippen molar-refractivity contribution >= 4 is 23.5 Å². The van der Waals surface area contributed by atoms with E-state index in [-0.39, 0.29) is 5.92 Å². The van der Waals surface area contributed by atoms with E-state index in [1.165, 1.54) is 0 Å². The summed E-state index contributed by atoms with van der Waals surface area (Å²) in [6.45, 7) is 7.63. The van der Waals surface area contributed by atoms with Crippen molar-refractivity contribution in [3.8, 4) is 5.75 Å². The number of carbonyl (C=O) groups excluding carboxylic acids is 2. The highest BCUT2D eigenvalue weighted by Crippen LogP contribution is 2.19. The number of aryl methyl sites for hydroxylation is 2. The van der Waals surface area contributed by atoms with E-state index < -0.39 is 17.9 Å². The highest BCUT2D eigenvalue weighted by atomic mass is 35.5. The predicted molar refractivity (Wildman–Crippen MR) is 99.1 cm³/mol. The summed E-state index contributed by atoms with van der Waals surface area (Å²) in [5.74, 6) is -0.573. The Morgan fingerprint density at radius 3 is 2.32 bits per heavy atom. The molecule has 2 aromatic carbocycles. The van der Waals surface area contributed by atoms with E-state index in [0.29, 0.717) is 16.3 Å². The first-order valence-electron chi connectivity index (χ1n) is 8.14. The van der Waals surface area contributed by atoms with Crippen LogP contribution in [-0.2, 0) is 4.79 Å². The number of ether oxygens (including phenoxy) is 1. The first kappa shape index (κ1) is 19.0. The highest BCUT2D eigenvalue weighted by Gasteiger charge is 2.27. The van der Waals surface area contributed by atoms with Crippen LogP contribution in [0.3, 0.4) is 0 Å². The lowest BCUT2D eigenvalue weighted by Crippen LogP contribution is -2.46. The molecule has 0 saturated heterocycles. The van der Waals surface area contributed by atoms with Crippen molar-refractivity contribution < 1.29 is 14.3 Å². The van der Waals surface area contributed by atoms with Gasteiger partial charge in [-0.1, -0.05) is 43.6 Å². The van der Waals surface area contributed by atoms with Crippen molar-refractivity contribution in [1.82, 2.24) is 5.32 Å². The van der Waals surface area contributed by atoms with Crippen molar-refractivity contribution in [2.24, 2.45) is 5.92 Å². The molecule has 0 aromatic heterocycles. The Balaban J connectivity index is 2.14. The second-order valence-corrected chi connectivity index (χ2v) is 6.75. The molecule has 132 valence electrons. The molecule has 0 fully saturated rings. The first-order valence-corrected chi connectivity index (χ1v) is 8.51. The minimum atomic E-state index is -0.773. The Bertz CT molecular complexity index is 786. The van der Waals surface area contributed by atoms with Gasteiger partial charge in [-0.3, -0.25) is 4.79 Å². The van der Waals surface area contributed by atoms with Crippen molar-refractivity contribution in [2.45, 2.75) is 33.7 Å². The second kappa shape index (κ2) is 8.17. The summed E-state index contributed by atoms with van der Waals surface area (Å²) >= 11 is 6.05. The van der Waals surface area contributed by atoms with Crippen LogP contribution >= 0.6 is 11.6 Å². The summed E-state index contributed by atoms with van der Waals surface area (Å²) in [5.41, 5.74) is 2.48. The third kappa shape index (κ3) is 4.83. The molecule has 0 heterocycles. The maximum atomic E-state index is 12.5. The first-order chi connectivity index (χ1) is 11.8. The van der Waals surface area contributed by atoms with Crippen LogP contribution in [0.15, 0.2) is 42.5 Å². The monoisotopic (exact) mass is 359 g/mol. The molecule has 0 aliphatic rings. The van der Waals surface area contributed by atoms with Crippen LogP contribution in [0.25, 0.3) is 0 Å². The molecule has 0 radical (unpaired) electrons. The molecule has 0 aliphatic heterocycles. The van der Waals surface area contributed by atoms with E-state index in [1.54, 1.807) is 36.4 Å². The molecule has 25 heavy (non-hydrogen) atoms. The Labute approximate surface area is 153 Å². The number of esters is 1. The highest BCUT2D eigenvalue weighted by molar-refractivity contribution is 6.33. The lowest BCUT2D eigenvalue weighted by Gasteiger charge is -2.21. The normalized spacial score (nSPS) is 11.9. The summed E-state index contributed by atoms with van der Waals surface area (Å²) in [4.78, 5) is 25.0. The fourth-order valence-electron chi connectivity index (χ4n) is 2.32. The molecular weight excluding hydrogens is 338 g/mol. The van der Waals surface area contributed by atoms with Crippen molar-refractivity contribution in [2.75, 3.05) is 0 Å². The number of rotatable bonds is 5. The van der Waals surface area contributed by atoms with Gasteiger partial charge in [0.25, 0.3) is 5.91 Å². The zero-order valence-electron chi connectivity index (χ0n) is 14.8. The standard InChI is InChI=1S/C20H22ClNO3/c1-12(2)18(22-19(23)16-7-5-6-8-17(16)21)20(24)25-15-10-9-13(3)14(4)11-15/h5-12,18H,1-4H3,(H,22,23)/t18-/m0/s1. The van der Waals surface area contributed by atoms with Gasteiger partial charge in [-0.05, 0) is 55.2 Å². The summed E-state index contributed by atoms with van der Waals surface area (Å²) in [6, 6.07) is 11.4. The van der Waals surface area contributed by atoms with Gasteiger partial charge >= 0.3 is 5.97 Å². The van der Waals surface area contributed by atoms with Crippen LogP contribution in [0.5, 0.6) is 5.75 Å². The maximum Gasteiger partial charge on any atom is 0.334 e. The van der Waals surface area contributed by atoms with E-state index in [1.807, 2.05) is 33.8 Å². The number of hydrogen-bond acceptors (Lipinski definition) is 3. The van der Waals surface area contributed by atoms with Gasteiger partial charge in [0.15, 0.2) is 0 Å². The van der Waals surface area contributed by atoms with E-state index in [2.05, 4.69) is 5.32 Å². The molecule has 1 N–H and O–H groups in total. The minimum absolute atomic E-state index is 0.134.